The Kier molecular flexibility index (Phi) is 5.15. The fraction of sp³-hybridized carbons (Fsp3) is 0.667. The Morgan fingerprint density at radius 2 is 1.96 bits per heavy atom. The van der Waals surface area contributed by atoms with Crippen molar-refractivity contribution >= 4 is 40.6 Å². The number of ether oxygens (including phenoxy) is 1. The minimum absolute atomic E-state index is 0. The van der Waals surface area contributed by atoms with E-state index in [4.69, 9.17) is 10.5 Å². The molecule has 8 heteroatoms. The van der Waals surface area contributed by atoms with Gasteiger partial charge in [-0.3, -0.25) is 9.59 Å². The molecule has 0 atom stereocenters. The molecule has 0 aromatic carbocycles. The van der Waals surface area contributed by atoms with Crippen LogP contribution >= 0.6 is 23.7 Å². The smallest absolute Gasteiger partial charge is 0.246 e. The van der Waals surface area contributed by atoms with E-state index in [1.54, 1.807) is 0 Å². The van der Waals surface area contributed by atoms with Crippen LogP contribution in [0.1, 0.15) is 48.5 Å². The van der Waals surface area contributed by atoms with Crippen molar-refractivity contribution in [3.63, 3.8) is 0 Å². The van der Waals surface area contributed by atoms with Crippen LogP contribution < -0.4 is 11.1 Å². The van der Waals surface area contributed by atoms with Crippen LogP contribution in [0.5, 0.6) is 0 Å². The molecule has 0 spiro atoms. The zero-order chi connectivity index (χ0) is 16.0. The van der Waals surface area contributed by atoms with E-state index >= 15 is 0 Å². The van der Waals surface area contributed by atoms with Gasteiger partial charge in [0.05, 0.1) is 10.6 Å². The lowest BCUT2D eigenvalue weighted by Gasteiger charge is -2.31. The monoisotopic (exact) mass is 359 g/mol. The number of nitrogens with one attached hydrogen (secondary N) is 1. The van der Waals surface area contributed by atoms with Gasteiger partial charge >= 0.3 is 0 Å². The summed E-state index contributed by atoms with van der Waals surface area (Å²) in [6.07, 6.45) is 2.27. The molecule has 1 saturated heterocycles. The predicted molar refractivity (Wildman–Crippen MR) is 91.4 cm³/mol. The molecular weight excluding hydrogens is 338 g/mol. The number of nitrogens with two attached hydrogens (primary N) is 1. The van der Waals surface area contributed by atoms with Gasteiger partial charge < -0.3 is 15.8 Å². The SMILES string of the molecule is CC1(C)CC(=O)c2sc(NC(=O)C3(N)CCOCC3)nc2C1.Cl. The molecule has 1 aromatic heterocycles. The summed E-state index contributed by atoms with van der Waals surface area (Å²) in [7, 11) is 0. The second kappa shape index (κ2) is 6.47. The highest BCUT2D eigenvalue weighted by Crippen LogP contribution is 2.38. The van der Waals surface area contributed by atoms with Crippen LogP contribution in [-0.2, 0) is 16.0 Å². The van der Waals surface area contributed by atoms with Crippen molar-refractivity contribution in [2.45, 2.75) is 45.1 Å². The third-order valence-electron chi connectivity index (χ3n) is 4.29. The Hall–Kier alpha value is -1.02. The number of hydrogen-bond donors (Lipinski definition) is 2. The minimum Gasteiger partial charge on any atom is -0.381 e. The van der Waals surface area contributed by atoms with Crippen molar-refractivity contribution in [3.05, 3.63) is 10.6 Å². The zero-order valence-electron chi connectivity index (χ0n) is 13.3. The van der Waals surface area contributed by atoms with Crippen LogP contribution in [0.3, 0.4) is 0 Å². The summed E-state index contributed by atoms with van der Waals surface area (Å²) in [4.78, 5) is 29.7. The predicted octanol–water partition coefficient (Wildman–Crippen LogP) is 2.17. The van der Waals surface area contributed by atoms with Gasteiger partial charge in [0.15, 0.2) is 10.9 Å². The summed E-state index contributed by atoms with van der Waals surface area (Å²) < 4.78 is 5.25. The van der Waals surface area contributed by atoms with Gasteiger partial charge in [-0.05, 0) is 24.7 Å². The summed E-state index contributed by atoms with van der Waals surface area (Å²) in [6, 6.07) is 0. The summed E-state index contributed by atoms with van der Waals surface area (Å²) in [5, 5.41) is 3.26. The second-order valence-corrected chi connectivity index (χ2v) is 7.96. The molecule has 3 N–H and O–H groups in total. The first-order valence-corrected chi connectivity index (χ1v) is 8.32. The fourth-order valence-electron chi connectivity index (χ4n) is 2.96. The van der Waals surface area contributed by atoms with Crippen molar-refractivity contribution in [2.75, 3.05) is 18.5 Å². The molecule has 0 bridgehead atoms. The van der Waals surface area contributed by atoms with E-state index in [2.05, 4.69) is 24.1 Å². The zero-order valence-corrected chi connectivity index (χ0v) is 14.9. The Morgan fingerprint density at radius 3 is 2.61 bits per heavy atom. The van der Waals surface area contributed by atoms with Crippen molar-refractivity contribution in [1.82, 2.24) is 4.98 Å². The molecule has 0 saturated carbocycles. The van der Waals surface area contributed by atoms with E-state index < -0.39 is 5.54 Å². The van der Waals surface area contributed by atoms with Crippen LogP contribution in [0, 0.1) is 5.41 Å². The maximum Gasteiger partial charge on any atom is 0.246 e. The van der Waals surface area contributed by atoms with Gasteiger partial charge in [-0.15, -0.1) is 12.4 Å². The average molecular weight is 360 g/mol. The Labute approximate surface area is 145 Å². The van der Waals surface area contributed by atoms with Crippen molar-refractivity contribution in [2.24, 2.45) is 11.1 Å². The molecule has 2 aliphatic rings. The first kappa shape index (κ1) is 18.3. The van der Waals surface area contributed by atoms with E-state index in [1.807, 2.05) is 0 Å². The highest BCUT2D eigenvalue weighted by molar-refractivity contribution is 7.17. The summed E-state index contributed by atoms with van der Waals surface area (Å²) in [5.41, 5.74) is 5.97. The summed E-state index contributed by atoms with van der Waals surface area (Å²) >= 11 is 1.26. The standard InChI is InChI=1S/C15H21N3O3S.ClH/c1-14(2)7-9-11(10(19)8-14)22-13(17-9)18-12(20)15(16)3-5-21-6-4-15;/h3-8,16H2,1-2H3,(H,17,18,20);1H. The number of ketones is 1. The maximum absolute atomic E-state index is 12.4. The number of fused-ring (bicyclic) bond motifs is 1. The molecule has 2 heterocycles. The molecule has 1 aliphatic heterocycles. The Morgan fingerprint density at radius 1 is 1.30 bits per heavy atom. The molecule has 1 fully saturated rings. The third-order valence-corrected chi connectivity index (χ3v) is 5.35. The first-order chi connectivity index (χ1) is 10.3. The number of anilines is 1. The number of Topliss-reactive ketones (excluding diaryl/α,β-unsaturated/α-hetero) is 1. The number of hydrogen-bond acceptors (Lipinski definition) is 6. The quantitative estimate of drug-likeness (QED) is 0.843. The number of halogens is 1. The van der Waals surface area contributed by atoms with Crippen LogP contribution in [0.25, 0.3) is 0 Å². The van der Waals surface area contributed by atoms with Gasteiger partial charge in [0.2, 0.25) is 5.91 Å². The van der Waals surface area contributed by atoms with E-state index in [0.717, 1.165) is 12.1 Å². The second-order valence-electron chi connectivity index (χ2n) is 6.96. The van der Waals surface area contributed by atoms with Gasteiger partial charge in [-0.25, -0.2) is 4.98 Å². The lowest BCUT2D eigenvalue weighted by molar-refractivity contribution is -0.124. The molecule has 0 radical (unpaired) electrons. The molecule has 128 valence electrons. The number of amides is 1. The van der Waals surface area contributed by atoms with Gasteiger partial charge in [0.1, 0.15) is 5.54 Å². The number of aromatic nitrogens is 1. The number of rotatable bonds is 2. The van der Waals surface area contributed by atoms with Crippen LogP contribution in [0.4, 0.5) is 5.13 Å². The van der Waals surface area contributed by atoms with Gasteiger partial charge in [0.25, 0.3) is 0 Å². The molecule has 6 nitrogen and oxygen atoms in total. The molecular formula is C15H22ClN3O3S. The van der Waals surface area contributed by atoms with Gasteiger partial charge in [-0.2, -0.15) is 0 Å². The lowest BCUT2D eigenvalue weighted by atomic mass is 9.78. The molecule has 1 amide bonds. The van der Waals surface area contributed by atoms with Crippen LogP contribution in [-0.4, -0.2) is 35.4 Å². The van der Waals surface area contributed by atoms with Crippen molar-refractivity contribution in [3.8, 4) is 0 Å². The fourth-order valence-corrected chi connectivity index (χ4v) is 3.87. The van der Waals surface area contributed by atoms with Crippen LogP contribution in [0.2, 0.25) is 0 Å². The molecule has 23 heavy (non-hydrogen) atoms. The topological polar surface area (TPSA) is 94.3 Å². The Bertz CT molecular complexity index is 623. The van der Waals surface area contributed by atoms with Gasteiger partial charge in [0, 0.05) is 19.6 Å². The number of nitrogens with zero attached hydrogens (tertiary/aromatic N) is 1. The minimum atomic E-state index is -0.909. The highest BCUT2D eigenvalue weighted by Gasteiger charge is 2.38. The van der Waals surface area contributed by atoms with E-state index in [1.165, 1.54) is 11.3 Å². The first-order valence-electron chi connectivity index (χ1n) is 7.50. The Balaban J connectivity index is 0.00000192. The lowest BCUT2D eigenvalue weighted by Crippen LogP contribution is -2.54. The molecule has 1 aromatic rings. The van der Waals surface area contributed by atoms with E-state index in [0.29, 0.717) is 42.5 Å². The van der Waals surface area contributed by atoms with Crippen molar-refractivity contribution in [1.29, 1.82) is 0 Å². The average Bonchev–Trinajstić information content (AvgIpc) is 2.80. The molecule has 3 rings (SSSR count). The highest BCUT2D eigenvalue weighted by atomic mass is 35.5. The molecule has 1 aliphatic carbocycles. The summed E-state index contributed by atoms with van der Waals surface area (Å²) in [6.45, 7) is 5.10. The van der Waals surface area contributed by atoms with Crippen LogP contribution in [0.15, 0.2) is 0 Å². The van der Waals surface area contributed by atoms with E-state index in [-0.39, 0.29) is 29.5 Å². The number of carbonyl (C=O) groups is 2. The van der Waals surface area contributed by atoms with Gasteiger partial charge in [-0.1, -0.05) is 25.2 Å². The number of carbonyl (C=O) groups excluding carboxylic acids is 2. The normalized spacial score (nSPS) is 22.0. The third kappa shape index (κ3) is 3.74. The maximum atomic E-state index is 12.4. The molecule has 0 unspecified atom stereocenters. The van der Waals surface area contributed by atoms with Crippen molar-refractivity contribution < 1.29 is 14.3 Å². The number of thiazole rings is 1. The largest absolute Gasteiger partial charge is 0.381 e. The summed E-state index contributed by atoms with van der Waals surface area (Å²) in [5.74, 6) is -0.133. The van der Waals surface area contributed by atoms with E-state index in [9.17, 15) is 9.59 Å².